The summed E-state index contributed by atoms with van der Waals surface area (Å²) < 4.78 is 10.7. The van der Waals surface area contributed by atoms with Gasteiger partial charge in [0.05, 0.1) is 18.9 Å². The molecular formula is C17H21N3O3S. The minimum absolute atomic E-state index is 0.212. The smallest absolute Gasteiger partial charge is 0.259 e. The summed E-state index contributed by atoms with van der Waals surface area (Å²) in [6.45, 7) is 4.14. The number of rotatable bonds is 6. The van der Waals surface area contributed by atoms with Gasteiger partial charge in [-0.25, -0.2) is 4.98 Å². The van der Waals surface area contributed by atoms with Gasteiger partial charge in [-0.15, -0.1) is 11.3 Å². The number of amides is 1. The number of carbonyl (C=O) groups excluding carboxylic acids is 1. The average Bonchev–Trinajstić information content (AvgIpc) is 3.04. The number of ether oxygens (including phenoxy) is 2. The zero-order chi connectivity index (χ0) is 16.8. The molecule has 0 radical (unpaired) electrons. The van der Waals surface area contributed by atoms with Crippen molar-refractivity contribution in [3.05, 3.63) is 47.0 Å². The molecule has 0 spiro atoms. The fraction of sp³-hybridized carbons (Fsp3) is 0.412. The highest BCUT2D eigenvalue weighted by Crippen LogP contribution is 2.22. The van der Waals surface area contributed by atoms with E-state index in [-0.39, 0.29) is 5.91 Å². The third kappa shape index (κ3) is 4.39. The molecule has 1 fully saturated rings. The van der Waals surface area contributed by atoms with Crippen molar-refractivity contribution >= 4 is 22.4 Å². The van der Waals surface area contributed by atoms with E-state index in [9.17, 15) is 4.79 Å². The van der Waals surface area contributed by atoms with Crippen molar-refractivity contribution in [1.29, 1.82) is 0 Å². The maximum atomic E-state index is 12.4. The summed E-state index contributed by atoms with van der Waals surface area (Å²) in [5, 5.41) is 5.43. The van der Waals surface area contributed by atoms with Crippen LogP contribution in [0.15, 0.2) is 35.7 Å². The second-order valence-electron chi connectivity index (χ2n) is 5.55. The van der Waals surface area contributed by atoms with E-state index in [0.29, 0.717) is 5.13 Å². The molecule has 3 rings (SSSR count). The minimum atomic E-state index is -0.641. The topological polar surface area (TPSA) is 63.7 Å². The number of hydrogen-bond acceptors (Lipinski definition) is 6. The number of morpholine rings is 1. The predicted molar refractivity (Wildman–Crippen MR) is 93.0 cm³/mol. The number of hydrogen-bond donors (Lipinski definition) is 1. The molecule has 2 aromatic rings. The van der Waals surface area contributed by atoms with Crippen molar-refractivity contribution in [2.45, 2.75) is 12.6 Å². The second-order valence-corrected chi connectivity index (χ2v) is 6.41. The molecule has 2 heterocycles. The largest absolute Gasteiger partial charge is 0.379 e. The first-order chi connectivity index (χ1) is 11.8. The van der Waals surface area contributed by atoms with Crippen LogP contribution < -0.4 is 5.32 Å². The molecule has 1 aromatic heterocycles. The first kappa shape index (κ1) is 17.0. The van der Waals surface area contributed by atoms with Gasteiger partial charge in [-0.3, -0.25) is 15.0 Å². The zero-order valence-electron chi connectivity index (χ0n) is 13.6. The van der Waals surface area contributed by atoms with E-state index in [0.717, 1.165) is 44.1 Å². The Balaban J connectivity index is 1.60. The molecular weight excluding hydrogens is 326 g/mol. The van der Waals surface area contributed by atoms with E-state index in [1.165, 1.54) is 18.4 Å². The molecule has 1 aromatic carbocycles. The van der Waals surface area contributed by atoms with Crippen LogP contribution >= 0.6 is 11.3 Å². The lowest BCUT2D eigenvalue weighted by Gasteiger charge is -2.25. The van der Waals surface area contributed by atoms with Crippen LogP contribution in [0, 0.1) is 0 Å². The van der Waals surface area contributed by atoms with E-state index in [2.05, 4.69) is 15.2 Å². The van der Waals surface area contributed by atoms with Gasteiger partial charge in [0, 0.05) is 32.1 Å². The lowest BCUT2D eigenvalue weighted by atomic mass is 10.1. The summed E-state index contributed by atoms with van der Waals surface area (Å²) in [6, 6.07) is 9.43. The van der Waals surface area contributed by atoms with E-state index in [1.807, 2.05) is 35.7 Å². The van der Waals surface area contributed by atoms with Crippen molar-refractivity contribution in [3.8, 4) is 0 Å². The number of benzene rings is 1. The molecule has 6 nitrogen and oxygen atoms in total. The molecule has 7 heteroatoms. The lowest BCUT2D eigenvalue weighted by molar-refractivity contribution is -0.126. The first-order valence-electron chi connectivity index (χ1n) is 7.89. The molecule has 24 heavy (non-hydrogen) atoms. The highest BCUT2D eigenvalue weighted by atomic mass is 32.1. The Bertz CT molecular complexity index is 656. The van der Waals surface area contributed by atoms with Crippen LogP contribution in [-0.2, 0) is 20.8 Å². The molecule has 1 N–H and O–H groups in total. The number of nitrogens with zero attached hydrogens (tertiary/aromatic N) is 2. The Hall–Kier alpha value is -1.80. The molecule has 1 aliphatic heterocycles. The van der Waals surface area contributed by atoms with Crippen LogP contribution in [0.2, 0.25) is 0 Å². The van der Waals surface area contributed by atoms with E-state index in [4.69, 9.17) is 9.47 Å². The molecule has 1 aliphatic rings. The standard InChI is InChI=1S/C17H21N3O3S/c1-22-15(13-5-3-2-4-6-13)16(21)19-17-18-14(12-24-17)11-20-7-9-23-10-8-20/h2-6,12,15H,7-11H2,1H3,(H,18,19,21). The number of methoxy groups -OCH3 is 1. The highest BCUT2D eigenvalue weighted by Gasteiger charge is 2.21. The van der Waals surface area contributed by atoms with Crippen LogP contribution in [0.3, 0.4) is 0 Å². The second kappa shape index (κ2) is 8.34. The van der Waals surface area contributed by atoms with Gasteiger partial charge in [0.1, 0.15) is 0 Å². The molecule has 0 bridgehead atoms. The van der Waals surface area contributed by atoms with Gasteiger partial charge in [0.2, 0.25) is 0 Å². The third-order valence-electron chi connectivity index (χ3n) is 3.85. The Labute approximate surface area is 145 Å². The first-order valence-corrected chi connectivity index (χ1v) is 8.77. The number of nitrogens with one attached hydrogen (secondary N) is 1. The fourth-order valence-electron chi connectivity index (χ4n) is 2.62. The molecule has 0 saturated carbocycles. The summed E-state index contributed by atoms with van der Waals surface area (Å²) in [4.78, 5) is 19.2. The van der Waals surface area contributed by atoms with Crippen molar-refractivity contribution in [2.24, 2.45) is 0 Å². The SMILES string of the molecule is COC(C(=O)Nc1nc(CN2CCOCC2)cs1)c1ccccc1. The molecule has 128 valence electrons. The maximum absolute atomic E-state index is 12.4. The van der Waals surface area contributed by atoms with Crippen LogP contribution in [0.5, 0.6) is 0 Å². The number of thiazole rings is 1. The average molecular weight is 347 g/mol. The summed E-state index contributed by atoms with van der Waals surface area (Å²) in [5.41, 5.74) is 1.79. The predicted octanol–water partition coefficient (Wildman–Crippen LogP) is 2.30. The number of carbonyl (C=O) groups is 1. The normalized spacial score (nSPS) is 16.7. The van der Waals surface area contributed by atoms with Gasteiger partial charge in [-0.05, 0) is 5.56 Å². The Morgan fingerprint density at radius 2 is 2.12 bits per heavy atom. The lowest BCUT2D eigenvalue weighted by Crippen LogP contribution is -2.35. The summed E-state index contributed by atoms with van der Waals surface area (Å²) in [7, 11) is 1.53. The molecule has 1 unspecified atom stereocenters. The minimum Gasteiger partial charge on any atom is -0.379 e. The van der Waals surface area contributed by atoms with Gasteiger partial charge in [-0.1, -0.05) is 30.3 Å². The van der Waals surface area contributed by atoms with E-state index < -0.39 is 6.10 Å². The monoisotopic (exact) mass is 347 g/mol. The Kier molecular flexibility index (Phi) is 5.92. The van der Waals surface area contributed by atoms with Gasteiger partial charge in [-0.2, -0.15) is 0 Å². The number of anilines is 1. The van der Waals surface area contributed by atoms with Crippen LogP contribution in [-0.4, -0.2) is 49.2 Å². The van der Waals surface area contributed by atoms with Crippen molar-refractivity contribution in [3.63, 3.8) is 0 Å². The molecule has 0 aliphatic carbocycles. The van der Waals surface area contributed by atoms with Crippen LogP contribution in [0.4, 0.5) is 5.13 Å². The van der Waals surface area contributed by atoms with E-state index >= 15 is 0 Å². The summed E-state index contributed by atoms with van der Waals surface area (Å²) in [6.07, 6.45) is -0.641. The van der Waals surface area contributed by atoms with Gasteiger partial charge < -0.3 is 9.47 Å². The Morgan fingerprint density at radius 3 is 2.83 bits per heavy atom. The van der Waals surface area contributed by atoms with Crippen molar-refractivity contribution < 1.29 is 14.3 Å². The van der Waals surface area contributed by atoms with Crippen molar-refractivity contribution in [1.82, 2.24) is 9.88 Å². The van der Waals surface area contributed by atoms with Gasteiger partial charge in [0.15, 0.2) is 11.2 Å². The van der Waals surface area contributed by atoms with Crippen LogP contribution in [0.1, 0.15) is 17.4 Å². The van der Waals surface area contributed by atoms with Crippen molar-refractivity contribution in [2.75, 3.05) is 38.7 Å². The third-order valence-corrected chi connectivity index (χ3v) is 4.65. The summed E-state index contributed by atoms with van der Waals surface area (Å²) >= 11 is 1.43. The fourth-order valence-corrected chi connectivity index (χ4v) is 3.32. The van der Waals surface area contributed by atoms with Gasteiger partial charge >= 0.3 is 0 Å². The molecule has 1 saturated heterocycles. The van der Waals surface area contributed by atoms with E-state index in [1.54, 1.807) is 0 Å². The highest BCUT2D eigenvalue weighted by molar-refractivity contribution is 7.13. The molecule has 1 atom stereocenters. The zero-order valence-corrected chi connectivity index (χ0v) is 14.4. The van der Waals surface area contributed by atoms with Gasteiger partial charge in [0.25, 0.3) is 5.91 Å². The number of aromatic nitrogens is 1. The van der Waals surface area contributed by atoms with Crippen LogP contribution in [0.25, 0.3) is 0 Å². The Morgan fingerprint density at radius 1 is 1.38 bits per heavy atom. The molecule has 1 amide bonds. The summed E-state index contributed by atoms with van der Waals surface area (Å²) in [5.74, 6) is -0.212. The maximum Gasteiger partial charge on any atom is 0.259 e. The quantitative estimate of drug-likeness (QED) is 0.869.